The van der Waals surface area contributed by atoms with E-state index in [2.05, 4.69) is 25.6 Å². The van der Waals surface area contributed by atoms with Crippen LogP contribution >= 0.6 is 0 Å². The zero-order valence-corrected chi connectivity index (χ0v) is 17.2. The van der Waals surface area contributed by atoms with Crippen molar-refractivity contribution in [1.29, 1.82) is 0 Å². The fourth-order valence-electron chi connectivity index (χ4n) is 4.17. The minimum atomic E-state index is -0.137. The highest BCUT2D eigenvalue weighted by Gasteiger charge is 2.29. The van der Waals surface area contributed by atoms with E-state index in [0.717, 1.165) is 51.1 Å². The van der Waals surface area contributed by atoms with Crippen molar-refractivity contribution in [3.63, 3.8) is 0 Å². The minimum absolute atomic E-state index is 0.0451. The number of piperazine rings is 1. The lowest BCUT2D eigenvalue weighted by Crippen LogP contribution is -2.51. The Labute approximate surface area is 176 Å². The number of amides is 2. The quantitative estimate of drug-likeness (QED) is 0.724. The van der Waals surface area contributed by atoms with E-state index in [9.17, 15) is 9.59 Å². The summed E-state index contributed by atoms with van der Waals surface area (Å²) in [6, 6.07) is 9.56. The molecule has 1 N–H and O–H groups in total. The lowest BCUT2D eigenvalue weighted by atomic mass is 10.1. The van der Waals surface area contributed by atoms with E-state index in [1.807, 2.05) is 35.2 Å². The van der Waals surface area contributed by atoms with Crippen LogP contribution in [0.3, 0.4) is 0 Å². The van der Waals surface area contributed by atoms with Crippen molar-refractivity contribution in [2.75, 3.05) is 39.3 Å². The number of benzene rings is 1. The van der Waals surface area contributed by atoms with Gasteiger partial charge in [0.1, 0.15) is 6.54 Å². The van der Waals surface area contributed by atoms with Gasteiger partial charge in [0, 0.05) is 50.7 Å². The molecule has 0 bridgehead atoms. The number of tetrazole rings is 1. The molecule has 1 aromatic heterocycles. The fraction of sp³-hybridized carbons (Fsp3) is 0.571. The van der Waals surface area contributed by atoms with E-state index in [0.29, 0.717) is 18.3 Å². The average molecular weight is 412 g/mol. The molecule has 1 saturated carbocycles. The molecular formula is C21H29N7O2. The van der Waals surface area contributed by atoms with Gasteiger partial charge in [-0.3, -0.25) is 14.5 Å². The molecule has 0 radical (unpaired) electrons. The topological polar surface area (TPSA) is 96.2 Å². The third kappa shape index (κ3) is 5.21. The standard InChI is InChI=1S/C21H29N7O2/c29-19(16-28-24-20(23-25-28)17-6-2-1-3-7-17)22-10-11-26-12-14-27(15-13-26)21(30)18-8-4-5-9-18/h1-3,6-7,18H,4-5,8-16H2,(H,22,29). The van der Waals surface area contributed by atoms with Crippen molar-refractivity contribution >= 4 is 11.8 Å². The number of aromatic nitrogens is 4. The summed E-state index contributed by atoms with van der Waals surface area (Å²) in [7, 11) is 0. The fourth-order valence-corrected chi connectivity index (χ4v) is 4.17. The SMILES string of the molecule is O=C(Cn1nnc(-c2ccccc2)n1)NCCN1CCN(C(=O)C2CCCC2)CC1. The molecule has 2 amide bonds. The maximum atomic E-state index is 12.5. The molecule has 2 aliphatic rings. The number of carbonyl (C=O) groups is 2. The first-order valence-corrected chi connectivity index (χ1v) is 10.8. The first-order chi connectivity index (χ1) is 14.7. The van der Waals surface area contributed by atoms with Crippen molar-refractivity contribution in [1.82, 2.24) is 35.3 Å². The van der Waals surface area contributed by atoms with Gasteiger partial charge >= 0.3 is 0 Å². The van der Waals surface area contributed by atoms with Crippen LogP contribution in [0.4, 0.5) is 0 Å². The zero-order chi connectivity index (χ0) is 20.8. The number of hydrogen-bond donors (Lipinski definition) is 1. The zero-order valence-electron chi connectivity index (χ0n) is 17.2. The Morgan fingerprint density at radius 2 is 1.77 bits per heavy atom. The van der Waals surface area contributed by atoms with Gasteiger partial charge in [-0.2, -0.15) is 4.80 Å². The molecule has 9 heteroatoms. The lowest BCUT2D eigenvalue weighted by molar-refractivity contribution is -0.137. The van der Waals surface area contributed by atoms with Gasteiger partial charge in [-0.15, -0.1) is 10.2 Å². The highest BCUT2D eigenvalue weighted by atomic mass is 16.2. The maximum Gasteiger partial charge on any atom is 0.243 e. The lowest BCUT2D eigenvalue weighted by Gasteiger charge is -2.36. The highest BCUT2D eigenvalue weighted by molar-refractivity contribution is 5.79. The Bertz CT molecular complexity index is 840. The van der Waals surface area contributed by atoms with Crippen molar-refractivity contribution in [3.05, 3.63) is 30.3 Å². The molecule has 2 fully saturated rings. The van der Waals surface area contributed by atoms with Gasteiger partial charge in [-0.25, -0.2) is 0 Å². The number of nitrogens with zero attached hydrogens (tertiary/aromatic N) is 6. The van der Waals surface area contributed by atoms with E-state index < -0.39 is 0 Å². The normalized spacial score (nSPS) is 17.9. The molecule has 1 aliphatic heterocycles. The van der Waals surface area contributed by atoms with Crippen LogP contribution in [0.2, 0.25) is 0 Å². The van der Waals surface area contributed by atoms with Gasteiger partial charge in [-0.05, 0) is 18.1 Å². The Hall–Kier alpha value is -2.81. The van der Waals surface area contributed by atoms with Crippen LogP contribution in [-0.4, -0.2) is 81.1 Å². The first kappa shape index (κ1) is 20.5. The monoisotopic (exact) mass is 411 g/mol. The molecule has 2 aromatic rings. The van der Waals surface area contributed by atoms with Crippen LogP contribution in [0, 0.1) is 5.92 Å². The van der Waals surface area contributed by atoms with Gasteiger partial charge in [0.25, 0.3) is 0 Å². The molecule has 1 saturated heterocycles. The molecule has 2 heterocycles. The van der Waals surface area contributed by atoms with Crippen molar-refractivity contribution in [2.24, 2.45) is 5.92 Å². The number of hydrogen-bond acceptors (Lipinski definition) is 6. The molecule has 1 aliphatic carbocycles. The van der Waals surface area contributed by atoms with Crippen LogP contribution in [0.15, 0.2) is 30.3 Å². The van der Waals surface area contributed by atoms with Gasteiger partial charge in [0.15, 0.2) is 0 Å². The van der Waals surface area contributed by atoms with E-state index in [1.165, 1.54) is 17.6 Å². The molecule has 0 atom stereocenters. The van der Waals surface area contributed by atoms with Crippen LogP contribution in [-0.2, 0) is 16.1 Å². The van der Waals surface area contributed by atoms with Crippen LogP contribution < -0.4 is 5.32 Å². The first-order valence-electron chi connectivity index (χ1n) is 10.8. The summed E-state index contributed by atoms with van der Waals surface area (Å²) in [4.78, 5) is 30.3. The average Bonchev–Trinajstić information content (AvgIpc) is 3.47. The summed E-state index contributed by atoms with van der Waals surface area (Å²) >= 11 is 0. The number of nitrogens with one attached hydrogen (secondary N) is 1. The second-order valence-electron chi connectivity index (χ2n) is 8.01. The summed E-state index contributed by atoms with van der Waals surface area (Å²) in [5.74, 6) is 0.967. The number of carbonyl (C=O) groups excluding carboxylic acids is 2. The van der Waals surface area contributed by atoms with Gasteiger partial charge < -0.3 is 10.2 Å². The van der Waals surface area contributed by atoms with Crippen molar-refractivity contribution in [2.45, 2.75) is 32.2 Å². The van der Waals surface area contributed by atoms with Crippen molar-refractivity contribution < 1.29 is 9.59 Å². The van der Waals surface area contributed by atoms with Gasteiger partial charge in [0.2, 0.25) is 17.6 Å². The van der Waals surface area contributed by atoms with Crippen LogP contribution in [0.1, 0.15) is 25.7 Å². The Morgan fingerprint density at radius 3 is 2.50 bits per heavy atom. The smallest absolute Gasteiger partial charge is 0.243 e. The largest absolute Gasteiger partial charge is 0.353 e. The molecule has 0 unspecified atom stereocenters. The molecule has 4 rings (SSSR count). The summed E-state index contributed by atoms with van der Waals surface area (Å²) in [5.41, 5.74) is 0.870. The van der Waals surface area contributed by atoms with E-state index in [1.54, 1.807) is 0 Å². The third-order valence-electron chi connectivity index (χ3n) is 5.91. The Kier molecular flexibility index (Phi) is 6.68. The van der Waals surface area contributed by atoms with Gasteiger partial charge in [-0.1, -0.05) is 43.2 Å². The maximum absolute atomic E-state index is 12.5. The minimum Gasteiger partial charge on any atom is -0.353 e. The molecule has 9 nitrogen and oxygen atoms in total. The third-order valence-corrected chi connectivity index (χ3v) is 5.91. The Balaban J connectivity index is 1.14. The van der Waals surface area contributed by atoms with E-state index in [4.69, 9.17) is 0 Å². The number of rotatable bonds is 7. The summed E-state index contributed by atoms with van der Waals surface area (Å²) in [6.45, 7) is 4.68. The molecule has 160 valence electrons. The van der Waals surface area contributed by atoms with Gasteiger partial charge in [0.05, 0.1) is 0 Å². The molecule has 30 heavy (non-hydrogen) atoms. The second kappa shape index (κ2) is 9.80. The predicted octanol–water partition coefficient (Wildman–Crippen LogP) is 0.791. The molecule has 0 spiro atoms. The van der Waals surface area contributed by atoms with Crippen LogP contribution in [0.25, 0.3) is 11.4 Å². The highest BCUT2D eigenvalue weighted by Crippen LogP contribution is 2.26. The summed E-state index contributed by atoms with van der Waals surface area (Å²) in [5, 5.41) is 15.1. The van der Waals surface area contributed by atoms with Crippen molar-refractivity contribution in [3.8, 4) is 11.4 Å². The summed E-state index contributed by atoms with van der Waals surface area (Å²) in [6.07, 6.45) is 4.48. The second-order valence-corrected chi connectivity index (χ2v) is 8.01. The molecule has 1 aromatic carbocycles. The van der Waals surface area contributed by atoms with E-state index in [-0.39, 0.29) is 18.4 Å². The Morgan fingerprint density at radius 1 is 1.03 bits per heavy atom. The van der Waals surface area contributed by atoms with Crippen LogP contribution in [0.5, 0.6) is 0 Å². The molecular weight excluding hydrogens is 382 g/mol. The predicted molar refractivity (Wildman–Crippen MR) is 111 cm³/mol. The summed E-state index contributed by atoms with van der Waals surface area (Å²) < 4.78 is 0. The van der Waals surface area contributed by atoms with E-state index >= 15 is 0 Å².